The van der Waals surface area contributed by atoms with Gasteiger partial charge in [-0.1, -0.05) is 72.1 Å². The first-order valence-corrected chi connectivity index (χ1v) is 10.3. The van der Waals surface area contributed by atoms with Crippen molar-refractivity contribution in [3.63, 3.8) is 0 Å². The van der Waals surface area contributed by atoms with Gasteiger partial charge in [-0.2, -0.15) is 0 Å². The second-order valence-electron chi connectivity index (χ2n) is 5.48. The number of rotatable bonds is 7. The highest BCUT2D eigenvalue weighted by Crippen LogP contribution is 2.39. The highest BCUT2D eigenvalue weighted by molar-refractivity contribution is 7.15. The molecule has 0 bridgehead atoms. The molecule has 0 spiro atoms. The van der Waals surface area contributed by atoms with E-state index in [1.54, 1.807) is 13.8 Å². The summed E-state index contributed by atoms with van der Waals surface area (Å²) in [6, 6.07) is 9.42. The van der Waals surface area contributed by atoms with E-state index in [-0.39, 0.29) is 18.9 Å². The van der Waals surface area contributed by atoms with Gasteiger partial charge in [0.25, 0.3) is 0 Å². The predicted octanol–water partition coefficient (Wildman–Crippen LogP) is 5.23. The van der Waals surface area contributed by atoms with Gasteiger partial charge in [0.15, 0.2) is 0 Å². The Kier molecular flexibility index (Phi) is 7.79. The Labute approximate surface area is 176 Å². The van der Waals surface area contributed by atoms with Crippen molar-refractivity contribution in [2.24, 2.45) is 0 Å². The van der Waals surface area contributed by atoms with E-state index in [1.807, 2.05) is 35.7 Å². The van der Waals surface area contributed by atoms with Crippen LogP contribution in [0.2, 0.25) is 0 Å². The molecule has 0 fully saturated rings. The van der Waals surface area contributed by atoms with E-state index in [1.165, 1.54) is 11.3 Å². The molecule has 0 aliphatic carbocycles. The van der Waals surface area contributed by atoms with E-state index >= 15 is 0 Å². The number of thiophene rings is 1. The van der Waals surface area contributed by atoms with E-state index in [9.17, 15) is 9.59 Å². The zero-order valence-corrected chi connectivity index (χ0v) is 17.8. The van der Waals surface area contributed by atoms with E-state index in [0.717, 1.165) is 5.56 Å². The first-order chi connectivity index (χ1) is 12.8. The third-order valence-corrected chi connectivity index (χ3v) is 5.15. The van der Waals surface area contributed by atoms with Gasteiger partial charge in [-0.05, 0) is 12.5 Å². The van der Waals surface area contributed by atoms with Crippen molar-refractivity contribution in [3.8, 4) is 11.1 Å². The number of carbonyl (C=O) groups is 2. The van der Waals surface area contributed by atoms with Gasteiger partial charge in [0.05, 0.1) is 6.61 Å². The van der Waals surface area contributed by atoms with Gasteiger partial charge in [0.1, 0.15) is 16.7 Å². The maximum Gasteiger partial charge on any atom is 0.341 e. The number of halogens is 3. The number of hydrogen-bond donors (Lipinski definition) is 2. The molecule has 0 aliphatic heterocycles. The fourth-order valence-corrected chi connectivity index (χ4v) is 3.61. The molecule has 1 aromatic carbocycles. The number of benzene rings is 1. The summed E-state index contributed by atoms with van der Waals surface area (Å²) in [4.78, 5) is 24.4. The molecule has 0 radical (unpaired) electrons. The molecule has 2 rings (SSSR count). The fourth-order valence-electron chi connectivity index (χ4n) is 2.29. The largest absolute Gasteiger partial charge is 0.462 e. The van der Waals surface area contributed by atoms with Crippen LogP contribution in [0.4, 0.5) is 5.00 Å². The summed E-state index contributed by atoms with van der Waals surface area (Å²) in [5, 5.41) is 7.85. The van der Waals surface area contributed by atoms with Crippen LogP contribution in [0.5, 0.6) is 0 Å². The summed E-state index contributed by atoms with van der Waals surface area (Å²) in [5.74, 6) is -0.790. The summed E-state index contributed by atoms with van der Waals surface area (Å²) in [7, 11) is 0. The molecule has 2 aromatic rings. The Morgan fingerprint density at radius 1 is 1.19 bits per heavy atom. The lowest BCUT2D eigenvalue weighted by atomic mass is 10.0. The molecule has 0 unspecified atom stereocenters. The van der Waals surface area contributed by atoms with Crippen LogP contribution in [0.15, 0.2) is 35.7 Å². The van der Waals surface area contributed by atoms with Crippen LogP contribution in [0, 0.1) is 0 Å². The monoisotopic (exact) mass is 448 g/mol. The van der Waals surface area contributed by atoms with Gasteiger partial charge >= 0.3 is 5.97 Å². The highest BCUT2D eigenvalue weighted by atomic mass is 35.6. The quantitative estimate of drug-likeness (QED) is 0.345. The minimum Gasteiger partial charge on any atom is -0.462 e. The average Bonchev–Trinajstić information content (AvgIpc) is 3.05. The summed E-state index contributed by atoms with van der Waals surface area (Å²) in [5.41, 5.74) is 1.89. The van der Waals surface area contributed by atoms with Crippen LogP contribution in [0.3, 0.4) is 0 Å². The fraction of sp³-hybridized carbons (Fsp3) is 0.333. The molecule has 2 N–H and O–H groups in total. The van der Waals surface area contributed by atoms with Gasteiger partial charge in [-0.3, -0.25) is 4.79 Å². The molecule has 1 aromatic heterocycles. The van der Waals surface area contributed by atoms with Crippen molar-refractivity contribution in [2.75, 3.05) is 11.9 Å². The molecule has 5 nitrogen and oxygen atoms in total. The molecule has 27 heavy (non-hydrogen) atoms. The zero-order chi connectivity index (χ0) is 20.0. The van der Waals surface area contributed by atoms with Crippen LogP contribution >= 0.6 is 46.1 Å². The standard InChI is InChI=1S/C18H19Cl3N2O3S/c1-3-13(24)22-17(18(19,20)21)23-15-14(16(25)26-4-2)12(10-27-15)11-8-6-5-7-9-11/h5-10,17,23H,3-4H2,1-2H3,(H,22,24)/t17-/m0/s1. The summed E-state index contributed by atoms with van der Waals surface area (Å²) in [6.07, 6.45) is -0.797. The van der Waals surface area contributed by atoms with Gasteiger partial charge in [-0.15, -0.1) is 11.3 Å². The number of amides is 1. The Morgan fingerprint density at radius 2 is 1.85 bits per heavy atom. The molecule has 146 valence electrons. The summed E-state index contributed by atoms with van der Waals surface area (Å²) < 4.78 is 3.37. The lowest BCUT2D eigenvalue weighted by Gasteiger charge is -2.27. The maximum atomic E-state index is 12.6. The maximum absolute atomic E-state index is 12.6. The van der Waals surface area contributed by atoms with Gasteiger partial charge in [-0.25, -0.2) is 4.79 Å². The first-order valence-electron chi connectivity index (χ1n) is 8.24. The lowest BCUT2D eigenvalue weighted by Crippen LogP contribution is -2.49. The van der Waals surface area contributed by atoms with Crippen molar-refractivity contribution in [1.29, 1.82) is 0 Å². The van der Waals surface area contributed by atoms with Crippen molar-refractivity contribution in [2.45, 2.75) is 30.2 Å². The molecule has 1 heterocycles. The summed E-state index contributed by atoms with van der Waals surface area (Å²) >= 11 is 19.3. The molecule has 1 amide bonds. The normalized spacial score (nSPS) is 12.3. The molecular weight excluding hydrogens is 431 g/mol. The van der Waals surface area contributed by atoms with Crippen LogP contribution in [-0.4, -0.2) is 28.4 Å². The smallest absolute Gasteiger partial charge is 0.341 e. The third kappa shape index (κ3) is 5.75. The van der Waals surface area contributed by atoms with Crippen LogP contribution in [0.1, 0.15) is 30.6 Å². The van der Waals surface area contributed by atoms with Gasteiger partial charge in [0, 0.05) is 17.4 Å². The number of ether oxygens (including phenoxy) is 1. The van der Waals surface area contributed by atoms with Gasteiger partial charge in [0.2, 0.25) is 9.70 Å². The molecule has 0 saturated heterocycles. The summed E-state index contributed by atoms with van der Waals surface area (Å²) in [6.45, 7) is 3.64. The van der Waals surface area contributed by atoms with Crippen LogP contribution in [0.25, 0.3) is 11.1 Å². The Balaban J connectivity index is 2.44. The number of hydrogen-bond acceptors (Lipinski definition) is 5. The Bertz CT molecular complexity index is 791. The second kappa shape index (κ2) is 9.64. The number of anilines is 1. The molecule has 0 aliphatic rings. The molecular formula is C18H19Cl3N2O3S. The van der Waals surface area contributed by atoms with Crippen molar-refractivity contribution >= 4 is 63.0 Å². The number of carbonyl (C=O) groups excluding carboxylic acids is 2. The van der Waals surface area contributed by atoms with Gasteiger partial charge < -0.3 is 15.4 Å². The van der Waals surface area contributed by atoms with Crippen LogP contribution < -0.4 is 10.6 Å². The van der Waals surface area contributed by atoms with E-state index in [4.69, 9.17) is 39.5 Å². The molecule has 0 saturated carbocycles. The van der Waals surface area contributed by atoms with Crippen LogP contribution in [-0.2, 0) is 9.53 Å². The number of alkyl halides is 3. The minimum atomic E-state index is -1.83. The molecule has 9 heteroatoms. The predicted molar refractivity (Wildman–Crippen MR) is 112 cm³/mol. The van der Waals surface area contributed by atoms with Crippen molar-refractivity contribution < 1.29 is 14.3 Å². The SMILES string of the molecule is CCOC(=O)c1c(-c2ccccc2)csc1N[C@H](NC(=O)CC)C(Cl)(Cl)Cl. The lowest BCUT2D eigenvalue weighted by molar-refractivity contribution is -0.121. The highest BCUT2D eigenvalue weighted by Gasteiger charge is 2.35. The molecule has 1 atom stereocenters. The topological polar surface area (TPSA) is 67.4 Å². The van der Waals surface area contributed by atoms with Crippen molar-refractivity contribution in [1.82, 2.24) is 5.32 Å². The third-order valence-electron chi connectivity index (χ3n) is 3.58. The van der Waals surface area contributed by atoms with E-state index in [2.05, 4.69) is 10.6 Å². The second-order valence-corrected chi connectivity index (χ2v) is 8.73. The first kappa shape index (κ1) is 21.8. The Hall–Kier alpha value is -1.47. The number of esters is 1. The average molecular weight is 450 g/mol. The van der Waals surface area contributed by atoms with Crippen molar-refractivity contribution in [3.05, 3.63) is 41.3 Å². The Morgan fingerprint density at radius 3 is 2.41 bits per heavy atom. The van der Waals surface area contributed by atoms with E-state index in [0.29, 0.717) is 16.1 Å². The number of nitrogens with one attached hydrogen (secondary N) is 2. The van der Waals surface area contributed by atoms with E-state index < -0.39 is 15.9 Å². The minimum absolute atomic E-state index is 0.225. The zero-order valence-electron chi connectivity index (χ0n) is 14.7.